The number of hydrogen-bond acceptors (Lipinski definition) is 2. The molecule has 1 saturated heterocycles. The van der Waals surface area contributed by atoms with Crippen molar-refractivity contribution in [1.29, 1.82) is 0 Å². The zero-order valence-electron chi connectivity index (χ0n) is 11.1. The number of likely N-dealkylation sites (tertiary alicyclic amines) is 1. The van der Waals surface area contributed by atoms with Crippen LogP contribution in [0.4, 0.5) is 0 Å². The van der Waals surface area contributed by atoms with Crippen LogP contribution < -0.4 is 5.32 Å². The molecule has 2 rings (SSSR count). The van der Waals surface area contributed by atoms with Crippen LogP contribution in [0.5, 0.6) is 0 Å². The van der Waals surface area contributed by atoms with E-state index in [1.54, 1.807) is 0 Å². The fraction of sp³-hybridized carbons (Fsp3) is 0.571. The molecule has 0 aromatic heterocycles. The van der Waals surface area contributed by atoms with Gasteiger partial charge in [0.25, 0.3) is 0 Å². The summed E-state index contributed by atoms with van der Waals surface area (Å²) in [5, 5.41) is 3.43. The van der Waals surface area contributed by atoms with E-state index >= 15 is 0 Å². The van der Waals surface area contributed by atoms with Gasteiger partial charge in [-0.2, -0.15) is 0 Å². The maximum Gasteiger partial charge on any atom is 0.0234 e. The summed E-state index contributed by atoms with van der Waals surface area (Å²) in [6, 6.07) is 11.4. The highest BCUT2D eigenvalue weighted by Gasteiger charge is 2.24. The van der Waals surface area contributed by atoms with Crippen molar-refractivity contribution in [2.24, 2.45) is 5.92 Å². The molecule has 1 aromatic rings. The number of nitrogens with zero attached hydrogens (tertiary/aromatic N) is 1. The molecule has 0 spiro atoms. The number of likely N-dealkylation sites (N-methyl/N-ethyl adjacent to an activating group) is 1. The van der Waals surface area contributed by atoms with Gasteiger partial charge in [0, 0.05) is 19.1 Å². The first-order valence-corrected chi connectivity index (χ1v) is 6.23. The first kappa shape index (κ1) is 17.7. The maximum absolute atomic E-state index is 3.43. The molecular weight excluding hydrogens is 267 g/mol. The van der Waals surface area contributed by atoms with Crippen LogP contribution in [0, 0.1) is 5.92 Å². The van der Waals surface area contributed by atoms with Crippen LogP contribution in [0.3, 0.4) is 0 Å². The Morgan fingerprint density at radius 3 is 2.50 bits per heavy atom. The molecule has 2 atom stereocenters. The van der Waals surface area contributed by atoms with E-state index in [2.05, 4.69) is 54.5 Å². The zero-order valence-corrected chi connectivity index (χ0v) is 12.8. The minimum atomic E-state index is 0. The Kier molecular flexibility index (Phi) is 8.62. The highest BCUT2D eigenvalue weighted by molar-refractivity contribution is 5.85. The van der Waals surface area contributed by atoms with Crippen molar-refractivity contribution in [3.8, 4) is 0 Å². The van der Waals surface area contributed by atoms with Crippen molar-refractivity contribution in [3.05, 3.63) is 35.9 Å². The van der Waals surface area contributed by atoms with Gasteiger partial charge >= 0.3 is 0 Å². The summed E-state index contributed by atoms with van der Waals surface area (Å²) >= 11 is 0. The van der Waals surface area contributed by atoms with Gasteiger partial charge in [0.05, 0.1) is 0 Å². The summed E-state index contributed by atoms with van der Waals surface area (Å²) < 4.78 is 0. The fourth-order valence-electron chi connectivity index (χ4n) is 2.50. The van der Waals surface area contributed by atoms with E-state index in [1.807, 2.05) is 0 Å². The molecule has 1 heterocycles. The first-order chi connectivity index (χ1) is 7.79. The Hall–Kier alpha value is -0.280. The SMILES string of the molecule is CN[C@@H]1CN(Cc2ccccc2)CCC1C.Cl.Cl. The lowest BCUT2D eigenvalue weighted by molar-refractivity contribution is 0.147. The number of benzene rings is 1. The maximum atomic E-state index is 3.43. The van der Waals surface area contributed by atoms with Crippen LogP contribution >= 0.6 is 24.8 Å². The topological polar surface area (TPSA) is 15.3 Å². The van der Waals surface area contributed by atoms with Crippen molar-refractivity contribution < 1.29 is 0 Å². The standard InChI is InChI=1S/C14H22N2.2ClH/c1-12-8-9-16(11-14(12)15-2)10-13-6-4-3-5-7-13;;/h3-7,12,14-15H,8-11H2,1-2H3;2*1H/t12?,14-;;/m1../s1. The Bertz CT molecular complexity index is 319. The average molecular weight is 291 g/mol. The van der Waals surface area contributed by atoms with E-state index < -0.39 is 0 Å². The molecule has 1 aliphatic rings. The Morgan fingerprint density at radius 1 is 1.22 bits per heavy atom. The number of rotatable bonds is 3. The molecule has 1 N–H and O–H groups in total. The molecule has 0 radical (unpaired) electrons. The van der Waals surface area contributed by atoms with E-state index in [0.717, 1.165) is 12.5 Å². The van der Waals surface area contributed by atoms with Gasteiger partial charge in [-0.25, -0.2) is 0 Å². The van der Waals surface area contributed by atoms with E-state index in [-0.39, 0.29) is 24.8 Å². The molecule has 1 aromatic carbocycles. The summed E-state index contributed by atoms with van der Waals surface area (Å²) in [6.07, 6.45) is 1.30. The van der Waals surface area contributed by atoms with Gasteiger partial charge in [0.1, 0.15) is 0 Å². The summed E-state index contributed by atoms with van der Waals surface area (Å²) in [4.78, 5) is 2.55. The second kappa shape index (κ2) is 8.76. The van der Waals surface area contributed by atoms with Crippen molar-refractivity contribution >= 4 is 24.8 Å². The molecule has 4 heteroatoms. The minimum Gasteiger partial charge on any atom is -0.315 e. The smallest absolute Gasteiger partial charge is 0.0234 e. The molecule has 0 saturated carbocycles. The summed E-state index contributed by atoms with van der Waals surface area (Å²) in [6.45, 7) is 5.84. The van der Waals surface area contributed by atoms with Crippen molar-refractivity contribution in [1.82, 2.24) is 10.2 Å². The highest BCUT2D eigenvalue weighted by atomic mass is 35.5. The molecule has 2 nitrogen and oxygen atoms in total. The second-order valence-electron chi connectivity index (χ2n) is 4.88. The number of halogens is 2. The van der Waals surface area contributed by atoms with Gasteiger partial charge in [-0.05, 0) is 31.5 Å². The summed E-state index contributed by atoms with van der Waals surface area (Å²) in [5.41, 5.74) is 1.42. The predicted octanol–water partition coefficient (Wildman–Crippen LogP) is 2.96. The van der Waals surface area contributed by atoms with Crippen molar-refractivity contribution in [2.75, 3.05) is 20.1 Å². The lowest BCUT2D eigenvalue weighted by Crippen LogP contribution is -2.48. The molecule has 0 amide bonds. The van der Waals surface area contributed by atoms with Gasteiger partial charge < -0.3 is 5.32 Å². The van der Waals surface area contributed by atoms with Crippen LogP contribution in [0.2, 0.25) is 0 Å². The third-order valence-corrected chi connectivity index (χ3v) is 3.66. The van der Waals surface area contributed by atoms with Crippen LogP contribution in [-0.4, -0.2) is 31.1 Å². The molecular formula is C14H24Cl2N2. The summed E-state index contributed by atoms with van der Waals surface area (Å²) in [5.74, 6) is 0.803. The van der Waals surface area contributed by atoms with E-state index in [1.165, 1.54) is 25.1 Å². The highest BCUT2D eigenvalue weighted by Crippen LogP contribution is 2.18. The second-order valence-corrected chi connectivity index (χ2v) is 4.88. The van der Waals surface area contributed by atoms with E-state index in [4.69, 9.17) is 0 Å². The third kappa shape index (κ3) is 4.77. The van der Waals surface area contributed by atoms with Gasteiger partial charge in [-0.1, -0.05) is 37.3 Å². The Morgan fingerprint density at radius 2 is 1.89 bits per heavy atom. The molecule has 1 fully saturated rings. The fourth-order valence-corrected chi connectivity index (χ4v) is 2.50. The Labute approximate surface area is 123 Å². The first-order valence-electron chi connectivity index (χ1n) is 6.23. The monoisotopic (exact) mass is 290 g/mol. The molecule has 1 unspecified atom stereocenters. The van der Waals surface area contributed by atoms with E-state index in [0.29, 0.717) is 6.04 Å². The molecule has 18 heavy (non-hydrogen) atoms. The Balaban J connectivity index is 0.00000144. The molecule has 104 valence electrons. The van der Waals surface area contributed by atoms with Crippen molar-refractivity contribution in [2.45, 2.75) is 25.9 Å². The van der Waals surface area contributed by atoms with Gasteiger partial charge in [0.2, 0.25) is 0 Å². The van der Waals surface area contributed by atoms with Crippen LogP contribution in [0.25, 0.3) is 0 Å². The van der Waals surface area contributed by atoms with Gasteiger partial charge in [-0.3, -0.25) is 4.90 Å². The minimum absolute atomic E-state index is 0. The number of hydrogen-bond donors (Lipinski definition) is 1. The number of nitrogens with one attached hydrogen (secondary N) is 1. The predicted molar refractivity (Wildman–Crippen MR) is 82.8 cm³/mol. The van der Waals surface area contributed by atoms with E-state index in [9.17, 15) is 0 Å². The van der Waals surface area contributed by atoms with Crippen LogP contribution in [-0.2, 0) is 6.54 Å². The number of piperidine rings is 1. The molecule has 0 aliphatic carbocycles. The average Bonchev–Trinajstić information content (AvgIpc) is 2.33. The largest absolute Gasteiger partial charge is 0.315 e. The quantitative estimate of drug-likeness (QED) is 0.921. The lowest BCUT2D eigenvalue weighted by atomic mass is 9.93. The van der Waals surface area contributed by atoms with Gasteiger partial charge in [0.15, 0.2) is 0 Å². The normalized spacial score (nSPS) is 23.9. The molecule has 1 aliphatic heterocycles. The van der Waals surface area contributed by atoms with Crippen LogP contribution in [0.15, 0.2) is 30.3 Å². The molecule has 0 bridgehead atoms. The summed E-state index contributed by atoms with van der Waals surface area (Å²) in [7, 11) is 2.08. The zero-order chi connectivity index (χ0) is 11.4. The van der Waals surface area contributed by atoms with Crippen molar-refractivity contribution in [3.63, 3.8) is 0 Å². The third-order valence-electron chi connectivity index (χ3n) is 3.66. The van der Waals surface area contributed by atoms with Crippen LogP contribution in [0.1, 0.15) is 18.9 Å². The lowest BCUT2D eigenvalue weighted by Gasteiger charge is -2.37. The van der Waals surface area contributed by atoms with Gasteiger partial charge in [-0.15, -0.1) is 24.8 Å².